The van der Waals surface area contributed by atoms with Gasteiger partial charge in [0.25, 0.3) is 5.91 Å². The molecule has 2 heterocycles. The number of rotatable bonds is 3. The van der Waals surface area contributed by atoms with E-state index in [0.29, 0.717) is 12.2 Å². The van der Waals surface area contributed by atoms with E-state index in [1.807, 2.05) is 19.1 Å². The summed E-state index contributed by atoms with van der Waals surface area (Å²) >= 11 is 0. The quantitative estimate of drug-likeness (QED) is 0.820. The maximum absolute atomic E-state index is 12.2. The molecule has 94 valence electrons. The molecule has 0 aliphatic heterocycles. The maximum Gasteiger partial charge on any atom is 0.272 e. The molecule has 0 bridgehead atoms. The lowest BCUT2D eigenvalue weighted by atomic mass is 10.2. The Kier molecular flexibility index (Phi) is 3.41. The van der Waals surface area contributed by atoms with Crippen molar-refractivity contribution in [2.75, 3.05) is 7.05 Å². The fraction of sp³-hybridized carbons (Fsp3) is 0.308. The topological polar surface area (TPSA) is 51.0 Å². The molecule has 0 fully saturated rings. The summed E-state index contributed by atoms with van der Waals surface area (Å²) < 4.78 is 1.61. The van der Waals surface area contributed by atoms with Gasteiger partial charge < -0.3 is 4.90 Å². The van der Waals surface area contributed by atoms with Crippen molar-refractivity contribution in [1.29, 1.82) is 0 Å². The van der Waals surface area contributed by atoms with Crippen molar-refractivity contribution in [3.8, 4) is 0 Å². The van der Waals surface area contributed by atoms with Crippen LogP contribution in [0.15, 0.2) is 30.6 Å². The third-order valence-corrected chi connectivity index (χ3v) is 2.71. The number of hydrogen-bond acceptors (Lipinski definition) is 3. The van der Waals surface area contributed by atoms with E-state index in [9.17, 15) is 4.79 Å². The van der Waals surface area contributed by atoms with Gasteiger partial charge in [0.15, 0.2) is 0 Å². The van der Waals surface area contributed by atoms with Gasteiger partial charge in [0.1, 0.15) is 5.69 Å². The molecule has 0 aliphatic rings. The van der Waals surface area contributed by atoms with Gasteiger partial charge in [-0.2, -0.15) is 5.10 Å². The van der Waals surface area contributed by atoms with E-state index < -0.39 is 0 Å². The zero-order chi connectivity index (χ0) is 13.1. The molecule has 0 N–H and O–H groups in total. The van der Waals surface area contributed by atoms with Crippen LogP contribution < -0.4 is 0 Å². The van der Waals surface area contributed by atoms with E-state index in [2.05, 4.69) is 10.1 Å². The van der Waals surface area contributed by atoms with E-state index >= 15 is 0 Å². The molecule has 5 nitrogen and oxygen atoms in total. The van der Waals surface area contributed by atoms with Crippen molar-refractivity contribution in [1.82, 2.24) is 19.7 Å². The second-order valence-corrected chi connectivity index (χ2v) is 4.32. The van der Waals surface area contributed by atoms with Crippen molar-refractivity contribution < 1.29 is 4.79 Å². The first-order chi connectivity index (χ1) is 8.58. The Hall–Kier alpha value is -2.17. The molecule has 0 aliphatic carbocycles. The minimum atomic E-state index is -0.0399. The van der Waals surface area contributed by atoms with E-state index in [4.69, 9.17) is 0 Å². The molecular weight excluding hydrogens is 228 g/mol. The normalized spacial score (nSPS) is 10.4. The molecule has 5 heteroatoms. The van der Waals surface area contributed by atoms with Crippen LogP contribution in [0.2, 0.25) is 0 Å². The second kappa shape index (κ2) is 5.00. The fourth-order valence-electron chi connectivity index (χ4n) is 1.84. The summed E-state index contributed by atoms with van der Waals surface area (Å²) in [5.41, 5.74) is 2.45. The number of carbonyl (C=O) groups excluding carboxylic acids is 1. The average molecular weight is 244 g/mol. The van der Waals surface area contributed by atoms with E-state index in [1.165, 1.54) is 0 Å². The summed E-state index contributed by atoms with van der Waals surface area (Å²) in [6.45, 7) is 2.41. The molecule has 0 saturated carbocycles. The van der Waals surface area contributed by atoms with Gasteiger partial charge >= 0.3 is 0 Å². The monoisotopic (exact) mass is 244 g/mol. The molecule has 2 rings (SSSR count). The highest BCUT2D eigenvalue weighted by molar-refractivity contribution is 5.92. The predicted octanol–water partition coefficient (Wildman–Crippen LogP) is 1.40. The maximum atomic E-state index is 12.2. The van der Waals surface area contributed by atoms with Crippen LogP contribution in [0.5, 0.6) is 0 Å². The predicted molar refractivity (Wildman–Crippen MR) is 68.0 cm³/mol. The van der Waals surface area contributed by atoms with Crippen molar-refractivity contribution in [2.24, 2.45) is 7.05 Å². The Morgan fingerprint density at radius 1 is 1.50 bits per heavy atom. The minimum absolute atomic E-state index is 0.0399. The lowest BCUT2D eigenvalue weighted by molar-refractivity contribution is 0.0774. The van der Waals surface area contributed by atoms with Crippen LogP contribution in [-0.4, -0.2) is 32.6 Å². The number of amides is 1. The van der Waals surface area contributed by atoms with Gasteiger partial charge in [-0.1, -0.05) is 6.07 Å². The number of carbonyl (C=O) groups is 1. The molecule has 2 aromatic rings. The average Bonchev–Trinajstić information content (AvgIpc) is 2.68. The Bertz CT molecular complexity index is 547. The van der Waals surface area contributed by atoms with Gasteiger partial charge in [0.2, 0.25) is 0 Å². The summed E-state index contributed by atoms with van der Waals surface area (Å²) in [4.78, 5) is 17.9. The molecule has 1 amide bonds. The van der Waals surface area contributed by atoms with E-state index in [-0.39, 0.29) is 5.91 Å². The summed E-state index contributed by atoms with van der Waals surface area (Å²) in [6.07, 6.45) is 3.48. The number of hydrogen-bond donors (Lipinski definition) is 0. The number of nitrogens with zero attached hydrogens (tertiary/aromatic N) is 4. The van der Waals surface area contributed by atoms with Crippen molar-refractivity contribution in [2.45, 2.75) is 13.5 Å². The number of aromatic nitrogens is 3. The van der Waals surface area contributed by atoms with Crippen molar-refractivity contribution >= 4 is 5.91 Å². The van der Waals surface area contributed by atoms with Gasteiger partial charge in [0.05, 0.1) is 5.69 Å². The lowest BCUT2D eigenvalue weighted by Gasteiger charge is -2.16. The Labute approximate surface area is 106 Å². The first-order valence-electron chi connectivity index (χ1n) is 5.73. The zero-order valence-corrected chi connectivity index (χ0v) is 10.8. The first kappa shape index (κ1) is 12.3. The van der Waals surface area contributed by atoms with Crippen LogP contribution in [0.4, 0.5) is 0 Å². The molecule has 0 spiro atoms. The van der Waals surface area contributed by atoms with Crippen LogP contribution in [0.3, 0.4) is 0 Å². The van der Waals surface area contributed by atoms with Gasteiger partial charge in [-0.05, 0) is 24.6 Å². The van der Waals surface area contributed by atoms with Crippen LogP contribution >= 0.6 is 0 Å². The highest BCUT2D eigenvalue weighted by Gasteiger charge is 2.16. The zero-order valence-electron chi connectivity index (χ0n) is 10.8. The highest BCUT2D eigenvalue weighted by Crippen LogP contribution is 2.08. The SMILES string of the molecule is Cc1cc(C(=O)N(C)Cc2cccnc2)n(C)n1. The molecule has 18 heavy (non-hydrogen) atoms. The summed E-state index contributed by atoms with van der Waals surface area (Å²) in [5.74, 6) is -0.0399. The Morgan fingerprint density at radius 3 is 2.83 bits per heavy atom. The Morgan fingerprint density at radius 2 is 2.28 bits per heavy atom. The molecule has 0 saturated heterocycles. The van der Waals surface area contributed by atoms with Crippen LogP contribution in [0.1, 0.15) is 21.7 Å². The third-order valence-electron chi connectivity index (χ3n) is 2.71. The van der Waals surface area contributed by atoms with Crippen LogP contribution in [-0.2, 0) is 13.6 Å². The Balaban J connectivity index is 2.12. The van der Waals surface area contributed by atoms with Gasteiger partial charge in [-0.3, -0.25) is 14.5 Å². The first-order valence-corrected chi connectivity index (χ1v) is 5.73. The number of aryl methyl sites for hydroxylation is 2. The lowest BCUT2D eigenvalue weighted by Crippen LogP contribution is -2.28. The molecule has 0 aromatic carbocycles. The molecule has 0 atom stereocenters. The van der Waals surface area contributed by atoms with Gasteiger partial charge in [-0.25, -0.2) is 0 Å². The smallest absolute Gasteiger partial charge is 0.272 e. The van der Waals surface area contributed by atoms with Crippen molar-refractivity contribution in [3.05, 3.63) is 47.5 Å². The largest absolute Gasteiger partial charge is 0.336 e. The molecular formula is C13H16N4O. The van der Waals surface area contributed by atoms with Gasteiger partial charge in [0, 0.05) is 33.0 Å². The standard InChI is InChI=1S/C13H16N4O/c1-10-7-12(17(3)15-10)13(18)16(2)9-11-5-4-6-14-8-11/h4-8H,9H2,1-3H3. The molecule has 2 aromatic heterocycles. The van der Waals surface area contributed by atoms with E-state index in [1.54, 1.807) is 42.1 Å². The fourth-order valence-corrected chi connectivity index (χ4v) is 1.84. The minimum Gasteiger partial charge on any atom is -0.336 e. The summed E-state index contributed by atoms with van der Waals surface area (Å²) in [5, 5.41) is 4.18. The number of pyridine rings is 1. The second-order valence-electron chi connectivity index (χ2n) is 4.32. The highest BCUT2D eigenvalue weighted by atomic mass is 16.2. The molecule has 0 radical (unpaired) electrons. The van der Waals surface area contributed by atoms with Crippen LogP contribution in [0.25, 0.3) is 0 Å². The third kappa shape index (κ3) is 2.56. The van der Waals surface area contributed by atoms with Crippen LogP contribution in [0, 0.1) is 6.92 Å². The summed E-state index contributed by atoms with van der Waals surface area (Å²) in [7, 11) is 3.55. The van der Waals surface area contributed by atoms with E-state index in [0.717, 1.165) is 11.3 Å². The van der Waals surface area contributed by atoms with Crippen molar-refractivity contribution in [3.63, 3.8) is 0 Å². The summed E-state index contributed by atoms with van der Waals surface area (Å²) in [6, 6.07) is 5.61. The molecule has 0 unspecified atom stereocenters. The van der Waals surface area contributed by atoms with Gasteiger partial charge in [-0.15, -0.1) is 0 Å².